The Bertz CT molecular complexity index is 1190. The zero-order chi connectivity index (χ0) is 26.7. The largest absolute Gasteiger partial charge is 0.497 e. The number of benzene rings is 2. The fourth-order valence-electron chi connectivity index (χ4n) is 5.46. The molecule has 3 amide bonds. The van der Waals surface area contributed by atoms with Crippen LogP contribution < -0.4 is 10.1 Å². The average Bonchev–Trinajstić information content (AvgIpc) is 3.60. The Kier molecular flexibility index (Phi) is 7.62. The van der Waals surface area contributed by atoms with E-state index in [1.165, 1.54) is 30.2 Å². The molecule has 3 saturated heterocycles. The molecule has 0 saturated carbocycles. The third-order valence-corrected chi connectivity index (χ3v) is 7.53. The number of likely N-dealkylation sites (tertiary alicyclic amines) is 1. The molecule has 0 radical (unpaired) electrons. The van der Waals surface area contributed by atoms with Gasteiger partial charge in [0, 0.05) is 50.2 Å². The van der Waals surface area contributed by atoms with Crippen molar-refractivity contribution in [2.24, 2.45) is 0 Å². The van der Waals surface area contributed by atoms with Gasteiger partial charge in [-0.15, -0.1) is 0 Å². The molecule has 3 aliphatic rings. The molecular weight excluding hydrogens is 493 g/mol. The second kappa shape index (κ2) is 11.1. The number of carbonyl (C=O) groups is 3. The van der Waals surface area contributed by atoms with Crippen LogP contribution in [0.2, 0.25) is 0 Å². The molecule has 9 nitrogen and oxygen atoms in total. The van der Waals surface area contributed by atoms with Gasteiger partial charge in [0.15, 0.2) is 0 Å². The maximum atomic E-state index is 13.9. The Morgan fingerprint density at radius 1 is 1.08 bits per heavy atom. The second-order valence-electron chi connectivity index (χ2n) is 9.86. The first-order chi connectivity index (χ1) is 18.4. The first kappa shape index (κ1) is 26.1. The molecule has 3 heterocycles. The van der Waals surface area contributed by atoms with Crippen LogP contribution in [-0.2, 0) is 14.3 Å². The van der Waals surface area contributed by atoms with Gasteiger partial charge in [0.1, 0.15) is 23.3 Å². The van der Waals surface area contributed by atoms with Gasteiger partial charge in [-0.05, 0) is 49.2 Å². The molecule has 2 unspecified atom stereocenters. The summed E-state index contributed by atoms with van der Waals surface area (Å²) in [5.74, 6) is -0.875. The van der Waals surface area contributed by atoms with E-state index in [1.807, 2.05) is 0 Å². The molecule has 5 rings (SSSR count). The highest BCUT2D eigenvalue weighted by Gasteiger charge is 2.54. The van der Waals surface area contributed by atoms with Gasteiger partial charge in [-0.3, -0.25) is 19.3 Å². The summed E-state index contributed by atoms with van der Waals surface area (Å²) < 4.78 is 30.8. The smallest absolute Gasteiger partial charge is 0.257 e. The Morgan fingerprint density at radius 2 is 1.82 bits per heavy atom. The van der Waals surface area contributed by atoms with E-state index in [0.717, 1.165) is 12.8 Å². The van der Waals surface area contributed by atoms with Crippen LogP contribution in [0.4, 0.5) is 4.39 Å². The lowest BCUT2D eigenvalue weighted by molar-refractivity contribution is -0.128. The molecule has 0 bridgehead atoms. The molecule has 10 heteroatoms. The molecule has 0 aromatic heterocycles. The van der Waals surface area contributed by atoms with Crippen molar-refractivity contribution >= 4 is 17.7 Å². The van der Waals surface area contributed by atoms with Gasteiger partial charge >= 0.3 is 0 Å². The minimum absolute atomic E-state index is 0.0326. The number of hydrogen-bond donors (Lipinski definition) is 1. The fraction of sp³-hybridized carbons (Fsp3) is 0.464. The van der Waals surface area contributed by atoms with Crippen LogP contribution in [0.3, 0.4) is 0 Å². The van der Waals surface area contributed by atoms with Crippen LogP contribution in [0.25, 0.3) is 0 Å². The van der Waals surface area contributed by atoms with Crippen molar-refractivity contribution in [1.29, 1.82) is 0 Å². The molecule has 1 N–H and O–H groups in total. The Labute approximate surface area is 220 Å². The van der Waals surface area contributed by atoms with Crippen molar-refractivity contribution in [3.05, 3.63) is 65.5 Å². The third kappa shape index (κ3) is 5.23. The van der Waals surface area contributed by atoms with Crippen LogP contribution in [0.5, 0.6) is 5.75 Å². The molecule has 1 spiro atoms. The number of ether oxygens (including phenoxy) is 3. The summed E-state index contributed by atoms with van der Waals surface area (Å²) in [6.07, 6.45) is 2.45. The molecular formula is C28H32FN3O6. The molecule has 3 fully saturated rings. The standard InChI is InChI=1S/C28H32FN3O6/c1-36-22-8-3-6-20(16-22)27(35)32-24(25(33)30-17-23-9-4-14-37-23)18-38-28(32)10-12-31(13-11-28)26(34)19-5-2-7-21(29)15-19/h2-3,5-8,15-16,23-24H,4,9-14,17-18H2,1H3,(H,30,33). The van der Waals surface area contributed by atoms with Crippen LogP contribution in [0.15, 0.2) is 48.5 Å². The predicted molar refractivity (Wildman–Crippen MR) is 135 cm³/mol. The van der Waals surface area contributed by atoms with Gasteiger partial charge in [0.05, 0.1) is 19.8 Å². The lowest BCUT2D eigenvalue weighted by Crippen LogP contribution is -2.60. The van der Waals surface area contributed by atoms with E-state index >= 15 is 0 Å². The predicted octanol–water partition coefficient (Wildman–Crippen LogP) is 2.60. The summed E-state index contributed by atoms with van der Waals surface area (Å²) in [5, 5.41) is 2.94. The maximum Gasteiger partial charge on any atom is 0.257 e. The fourth-order valence-corrected chi connectivity index (χ4v) is 5.46. The Hall–Kier alpha value is -3.50. The van der Waals surface area contributed by atoms with E-state index in [-0.39, 0.29) is 36.0 Å². The van der Waals surface area contributed by atoms with Crippen molar-refractivity contribution in [2.75, 3.05) is 40.0 Å². The molecule has 2 aromatic rings. The number of piperidine rings is 1. The van der Waals surface area contributed by atoms with Gasteiger partial charge in [-0.1, -0.05) is 12.1 Å². The second-order valence-corrected chi connectivity index (χ2v) is 9.86. The summed E-state index contributed by atoms with van der Waals surface area (Å²) in [5.41, 5.74) is -0.404. The monoisotopic (exact) mass is 525 g/mol. The number of nitrogens with one attached hydrogen (secondary N) is 1. The van der Waals surface area contributed by atoms with Crippen molar-refractivity contribution < 1.29 is 33.0 Å². The number of amides is 3. The maximum absolute atomic E-state index is 13.9. The highest BCUT2D eigenvalue weighted by atomic mass is 19.1. The number of carbonyl (C=O) groups excluding carboxylic acids is 3. The zero-order valence-electron chi connectivity index (χ0n) is 21.4. The van der Waals surface area contributed by atoms with E-state index in [0.29, 0.717) is 50.4 Å². The topological polar surface area (TPSA) is 97.4 Å². The van der Waals surface area contributed by atoms with E-state index in [9.17, 15) is 18.8 Å². The van der Waals surface area contributed by atoms with Crippen LogP contribution in [-0.4, -0.2) is 85.3 Å². The minimum Gasteiger partial charge on any atom is -0.497 e. The SMILES string of the molecule is COc1cccc(C(=O)N2C(C(=O)NCC3CCCO3)COC23CCN(C(=O)c2cccc(F)c2)CC3)c1. The quantitative estimate of drug-likeness (QED) is 0.623. The lowest BCUT2D eigenvalue weighted by Gasteiger charge is -2.44. The highest BCUT2D eigenvalue weighted by molar-refractivity contribution is 5.99. The number of rotatable bonds is 6. The molecule has 3 aliphatic heterocycles. The number of nitrogens with zero attached hydrogens (tertiary/aromatic N) is 2. The Morgan fingerprint density at radius 3 is 2.50 bits per heavy atom. The number of methoxy groups -OCH3 is 1. The first-order valence-corrected chi connectivity index (χ1v) is 13.0. The third-order valence-electron chi connectivity index (χ3n) is 7.53. The van der Waals surface area contributed by atoms with Crippen LogP contribution >= 0.6 is 0 Å². The van der Waals surface area contributed by atoms with Crippen molar-refractivity contribution in [3.63, 3.8) is 0 Å². The summed E-state index contributed by atoms with van der Waals surface area (Å²) >= 11 is 0. The summed E-state index contributed by atoms with van der Waals surface area (Å²) in [6, 6.07) is 11.5. The normalized spacial score (nSPS) is 22.5. The molecule has 2 aromatic carbocycles. The lowest BCUT2D eigenvalue weighted by atomic mass is 9.96. The van der Waals surface area contributed by atoms with Crippen LogP contribution in [0, 0.1) is 5.82 Å². The van der Waals surface area contributed by atoms with Gasteiger partial charge in [0.25, 0.3) is 11.8 Å². The van der Waals surface area contributed by atoms with Gasteiger partial charge in [-0.2, -0.15) is 0 Å². The van der Waals surface area contributed by atoms with E-state index in [2.05, 4.69) is 5.32 Å². The first-order valence-electron chi connectivity index (χ1n) is 13.0. The van der Waals surface area contributed by atoms with Crippen molar-refractivity contribution in [1.82, 2.24) is 15.1 Å². The van der Waals surface area contributed by atoms with E-state index in [4.69, 9.17) is 14.2 Å². The average molecular weight is 526 g/mol. The van der Waals surface area contributed by atoms with Crippen LogP contribution in [0.1, 0.15) is 46.4 Å². The van der Waals surface area contributed by atoms with Gasteiger partial charge < -0.3 is 24.4 Å². The summed E-state index contributed by atoms with van der Waals surface area (Å²) in [7, 11) is 1.52. The summed E-state index contributed by atoms with van der Waals surface area (Å²) in [4.78, 5) is 43.4. The molecule has 2 atom stereocenters. The van der Waals surface area contributed by atoms with Crippen molar-refractivity contribution in [2.45, 2.75) is 43.6 Å². The Balaban J connectivity index is 1.36. The van der Waals surface area contributed by atoms with E-state index < -0.39 is 17.6 Å². The van der Waals surface area contributed by atoms with E-state index in [1.54, 1.807) is 35.2 Å². The number of hydrogen-bond acceptors (Lipinski definition) is 6. The molecule has 38 heavy (non-hydrogen) atoms. The zero-order valence-corrected chi connectivity index (χ0v) is 21.4. The van der Waals surface area contributed by atoms with Gasteiger partial charge in [-0.25, -0.2) is 4.39 Å². The molecule has 202 valence electrons. The molecule has 0 aliphatic carbocycles. The minimum atomic E-state index is -1.05. The summed E-state index contributed by atoms with van der Waals surface area (Å²) in [6.45, 7) is 1.69. The van der Waals surface area contributed by atoms with Gasteiger partial charge in [0.2, 0.25) is 5.91 Å². The van der Waals surface area contributed by atoms with Crippen molar-refractivity contribution in [3.8, 4) is 5.75 Å². The highest BCUT2D eigenvalue weighted by Crippen LogP contribution is 2.39. The number of halogens is 1.